The Balaban J connectivity index is 2.36. The molecule has 0 spiro atoms. The summed E-state index contributed by atoms with van der Waals surface area (Å²) in [5.41, 5.74) is 2.11. The number of benzene rings is 1. The molecule has 1 aromatic carbocycles. The van der Waals surface area contributed by atoms with Gasteiger partial charge in [-0.2, -0.15) is 0 Å². The highest BCUT2D eigenvalue weighted by Gasteiger charge is 2.49. The van der Waals surface area contributed by atoms with Crippen LogP contribution in [-0.2, 0) is 15.0 Å². The van der Waals surface area contributed by atoms with E-state index in [0.29, 0.717) is 5.92 Å². The minimum atomic E-state index is -0.613. The molecule has 2 unspecified atom stereocenters. The first-order valence-electron chi connectivity index (χ1n) is 6.03. The van der Waals surface area contributed by atoms with Gasteiger partial charge in [-0.1, -0.05) is 36.7 Å². The minimum Gasteiger partial charge on any atom is -0.352 e. The van der Waals surface area contributed by atoms with Crippen molar-refractivity contribution in [2.24, 2.45) is 5.92 Å². The standard InChI is InChI=1S/C13H19BO3/c1-13(9-3-4-9,12(16-2)17-15)10-5-7-11(14)8-6-10/h5-9,12,15H,3-4,14H2,1-2H3. The lowest BCUT2D eigenvalue weighted by molar-refractivity contribution is -0.360. The quantitative estimate of drug-likeness (QED) is 0.358. The Morgan fingerprint density at radius 1 is 1.35 bits per heavy atom. The van der Waals surface area contributed by atoms with Crippen LogP contribution in [0.25, 0.3) is 0 Å². The number of methoxy groups -OCH3 is 1. The Kier molecular flexibility index (Phi) is 3.57. The van der Waals surface area contributed by atoms with E-state index in [1.165, 1.54) is 5.46 Å². The van der Waals surface area contributed by atoms with E-state index in [1.54, 1.807) is 7.11 Å². The Labute approximate surface area is 103 Å². The van der Waals surface area contributed by atoms with Gasteiger partial charge in [0.15, 0.2) is 6.29 Å². The van der Waals surface area contributed by atoms with Crippen LogP contribution in [0.5, 0.6) is 0 Å². The summed E-state index contributed by atoms with van der Waals surface area (Å²) in [7, 11) is 3.63. The topological polar surface area (TPSA) is 38.7 Å². The van der Waals surface area contributed by atoms with Crippen molar-refractivity contribution in [1.29, 1.82) is 0 Å². The molecule has 0 bridgehead atoms. The van der Waals surface area contributed by atoms with Crippen LogP contribution in [0.15, 0.2) is 24.3 Å². The van der Waals surface area contributed by atoms with Crippen molar-refractivity contribution in [3.8, 4) is 0 Å². The molecule has 0 saturated heterocycles. The highest BCUT2D eigenvalue weighted by molar-refractivity contribution is 6.32. The van der Waals surface area contributed by atoms with Gasteiger partial charge in [0, 0.05) is 12.5 Å². The highest BCUT2D eigenvalue weighted by Crippen LogP contribution is 2.50. The van der Waals surface area contributed by atoms with Crippen molar-refractivity contribution in [3.63, 3.8) is 0 Å². The van der Waals surface area contributed by atoms with Crippen molar-refractivity contribution in [2.45, 2.75) is 31.5 Å². The molecule has 1 saturated carbocycles. The number of hydrogen-bond donors (Lipinski definition) is 1. The molecule has 4 heteroatoms. The SMILES string of the molecule is Bc1ccc(C(C)(C2CC2)C(OC)OO)cc1. The number of ether oxygens (including phenoxy) is 1. The molecule has 0 amide bonds. The Hall–Kier alpha value is -0.835. The second-order valence-corrected chi connectivity index (χ2v) is 5.10. The highest BCUT2D eigenvalue weighted by atomic mass is 17.1. The third-order valence-corrected chi connectivity index (χ3v) is 3.90. The van der Waals surface area contributed by atoms with Crippen molar-refractivity contribution >= 4 is 13.3 Å². The minimum absolute atomic E-state index is 0.281. The average molecular weight is 234 g/mol. The van der Waals surface area contributed by atoms with Crippen LogP contribution in [-0.4, -0.2) is 26.5 Å². The Morgan fingerprint density at radius 3 is 2.35 bits per heavy atom. The van der Waals surface area contributed by atoms with Crippen LogP contribution < -0.4 is 5.46 Å². The zero-order valence-corrected chi connectivity index (χ0v) is 10.6. The maximum absolute atomic E-state index is 9.03. The fourth-order valence-corrected chi connectivity index (χ4v) is 2.56. The predicted molar refractivity (Wildman–Crippen MR) is 69.2 cm³/mol. The maximum Gasteiger partial charge on any atom is 0.200 e. The maximum atomic E-state index is 9.03. The van der Waals surface area contributed by atoms with Gasteiger partial charge in [-0.3, -0.25) is 0 Å². The number of rotatable bonds is 5. The third kappa shape index (κ3) is 2.25. The van der Waals surface area contributed by atoms with Gasteiger partial charge in [-0.05, 0) is 24.3 Å². The summed E-state index contributed by atoms with van der Waals surface area (Å²) in [5, 5.41) is 9.03. The Bertz CT molecular complexity index is 371. The molecule has 0 radical (unpaired) electrons. The molecule has 0 aliphatic heterocycles. The molecule has 0 aromatic heterocycles. The van der Waals surface area contributed by atoms with Crippen LogP contribution in [0.4, 0.5) is 0 Å². The molecule has 1 aliphatic rings. The second kappa shape index (κ2) is 4.80. The summed E-state index contributed by atoms with van der Waals surface area (Å²) in [5.74, 6) is 0.516. The summed E-state index contributed by atoms with van der Waals surface area (Å²) < 4.78 is 5.28. The lowest BCUT2D eigenvalue weighted by Gasteiger charge is -2.35. The second-order valence-electron chi connectivity index (χ2n) is 5.10. The van der Waals surface area contributed by atoms with E-state index in [-0.39, 0.29) is 5.41 Å². The van der Waals surface area contributed by atoms with Crippen molar-refractivity contribution < 1.29 is 14.9 Å². The normalized spacial score (nSPS) is 20.9. The first-order chi connectivity index (χ1) is 8.12. The summed E-state index contributed by atoms with van der Waals surface area (Å²) in [6.45, 7) is 2.10. The zero-order valence-electron chi connectivity index (χ0n) is 10.6. The van der Waals surface area contributed by atoms with Crippen molar-refractivity contribution in [3.05, 3.63) is 29.8 Å². The van der Waals surface area contributed by atoms with E-state index in [0.717, 1.165) is 18.4 Å². The van der Waals surface area contributed by atoms with Crippen molar-refractivity contribution in [1.82, 2.24) is 0 Å². The largest absolute Gasteiger partial charge is 0.352 e. The first-order valence-corrected chi connectivity index (χ1v) is 6.03. The van der Waals surface area contributed by atoms with E-state index >= 15 is 0 Å². The molecule has 3 nitrogen and oxygen atoms in total. The molecule has 17 heavy (non-hydrogen) atoms. The summed E-state index contributed by atoms with van der Waals surface area (Å²) >= 11 is 0. The van der Waals surface area contributed by atoms with Gasteiger partial charge >= 0.3 is 0 Å². The molecule has 2 atom stereocenters. The van der Waals surface area contributed by atoms with E-state index in [9.17, 15) is 0 Å². The van der Waals surface area contributed by atoms with Crippen LogP contribution in [0, 0.1) is 5.92 Å². The van der Waals surface area contributed by atoms with Gasteiger partial charge in [0.25, 0.3) is 0 Å². The fraction of sp³-hybridized carbons (Fsp3) is 0.538. The summed E-state index contributed by atoms with van der Waals surface area (Å²) in [6.07, 6.45) is 1.71. The lowest BCUT2D eigenvalue weighted by atomic mass is 9.76. The van der Waals surface area contributed by atoms with E-state index in [4.69, 9.17) is 9.99 Å². The van der Waals surface area contributed by atoms with Crippen LogP contribution in [0.2, 0.25) is 0 Å². The summed E-state index contributed by atoms with van der Waals surface area (Å²) in [4.78, 5) is 4.53. The first kappa shape index (κ1) is 12.6. The van der Waals surface area contributed by atoms with E-state index in [1.807, 2.05) is 0 Å². The molecule has 1 aromatic rings. The molecular weight excluding hydrogens is 215 g/mol. The monoisotopic (exact) mass is 234 g/mol. The van der Waals surface area contributed by atoms with Crippen LogP contribution in [0.3, 0.4) is 0 Å². The fourth-order valence-electron chi connectivity index (χ4n) is 2.56. The smallest absolute Gasteiger partial charge is 0.200 e. The summed E-state index contributed by atoms with van der Waals surface area (Å²) in [6, 6.07) is 8.36. The molecule has 1 N–H and O–H groups in total. The third-order valence-electron chi connectivity index (χ3n) is 3.90. The Morgan fingerprint density at radius 2 is 1.94 bits per heavy atom. The molecule has 2 rings (SSSR count). The molecular formula is C13H19BO3. The lowest BCUT2D eigenvalue weighted by Crippen LogP contribution is -2.41. The molecule has 1 aliphatic carbocycles. The zero-order chi connectivity index (χ0) is 12.5. The van der Waals surface area contributed by atoms with E-state index < -0.39 is 6.29 Å². The van der Waals surface area contributed by atoms with Gasteiger partial charge in [0.2, 0.25) is 0 Å². The average Bonchev–Trinajstić information content (AvgIpc) is 3.15. The van der Waals surface area contributed by atoms with Gasteiger partial charge < -0.3 is 4.74 Å². The van der Waals surface area contributed by atoms with Gasteiger partial charge in [-0.25, -0.2) is 10.1 Å². The van der Waals surface area contributed by atoms with Crippen molar-refractivity contribution in [2.75, 3.05) is 7.11 Å². The number of hydrogen-bond acceptors (Lipinski definition) is 3. The van der Waals surface area contributed by atoms with Gasteiger partial charge in [-0.15, -0.1) is 0 Å². The molecule has 1 fully saturated rings. The van der Waals surface area contributed by atoms with E-state index in [2.05, 4.69) is 43.9 Å². The van der Waals surface area contributed by atoms with Crippen LogP contribution in [0.1, 0.15) is 25.3 Å². The predicted octanol–water partition coefficient (Wildman–Crippen LogP) is 1.07. The molecule has 92 valence electrons. The van der Waals surface area contributed by atoms with Gasteiger partial charge in [0.1, 0.15) is 7.85 Å². The van der Waals surface area contributed by atoms with Crippen LogP contribution >= 0.6 is 0 Å². The molecule has 0 heterocycles. The van der Waals surface area contributed by atoms with Gasteiger partial charge in [0.05, 0.1) is 0 Å².